The standard InChI is InChI=1S/C25H25N3O5/c1-14-7-8-17(11-15(14)2)26-25(33)27(3)13-16-5-4-6-19-22(16)24(32)28(23(19)31)20-10-9-18(29)12-21(20)30/h4-8,11,20H,9-10,12-13H2,1-3H3,(H,26,33). The summed E-state index contributed by atoms with van der Waals surface area (Å²) in [6.45, 7) is 4.05. The molecule has 1 N–H and O–H groups in total. The van der Waals surface area contributed by atoms with E-state index in [4.69, 9.17) is 0 Å². The third kappa shape index (κ3) is 4.16. The number of hydrogen-bond acceptors (Lipinski definition) is 5. The van der Waals surface area contributed by atoms with E-state index in [1.165, 1.54) is 4.90 Å². The lowest BCUT2D eigenvalue weighted by atomic mass is 9.92. The number of imide groups is 1. The Balaban J connectivity index is 1.53. The van der Waals surface area contributed by atoms with Crippen LogP contribution in [0, 0.1) is 13.8 Å². The van der Waals surface area contributed by atoms with Crippen LogP contribution in [-0.4, -0.2) is 52.3 Å². The van der Waals surface area contributed by atoms with E-state index in [0.29, 0.717) is 11.3 Å². The third-order valence-electron chi connectivity index (χ3n) is 6.30. The number of urea groups is 1. The molecule has 8 heteroatoms. The molecule has 4 rings (SSSR count). The van der Waals surface area contributed by atoms with Gasteiger partial charge < -0.3 is 10.2 Å². The molecule has 1 atom stereocenters. The smallest absolute Gasteiger partial charge is 0.321 e. The maximum Gasteiger partial charge on any atom is 0.321 e. The fourth-order valence-electron chi connectivity index (χ4n) is 4.29. The van der Waals surface area contributed by atoms with E-state index < -0.39 is 23.6 Å². The van der Waals surface area contributed by atoms with Crippen molar-refractivity contribution in [2.24, 2.45) is 0 Å². The van der Waals surface area contributed by atoms with Crippen LogP contribution in [0.25, 0.3) is 0 Å². The molecule has 0 aromatic heterocycles. The molecule has 1 unspecified atom stereocenters. The first-order valence-electron chi connectivity index (χ1n) is 10.8. The van der Waals surface area contributed by atoms with Crippen LogP contribution in [0.5, 0.6) is 0 Å². The number of aryl methyl sites for hydroxylation is 2. The second-order valence-corrected chi connectivity index (χ2v) is 8.64. The third-order valence-corrected chi connectivity index (χ3v) is 6.30. The van der Waals surface area contributed by atoms with Gasteiger partial charge in [-0.25, -0.2) is 4.79 Å². The first-order valence-corrected chi connectivity index (χ1v) is 10.8. The van der Waals surface area contributed by atoms with Gasteiger partial charge in [-0.05, 0) is 55.2 Å². The topological polar surface area (TPSA) is 104 Å². The summed E-state index contributed by atoms with van der Waals surface area (Å²) < 4.78 is 0. The Bertz CT molecular complexity index is 1200. The molecule has 2 aromatic carbocycles. The molecule has 0 saturated heterocycles. The zero-order valence-corrected chi connectivity index (χ0v) is 18.8. The zero-order chi connectivity index (χ0) is 23.9. The van der Waals surface area contributed by atoms with E-state index in [9.17, 15) is 24.0 Å². The Morgan fingerprint density at radius 3 is 2.52 bits per heavy atom. The Hall–Kier alpha value is -3.81. The van der Waals surface area contributed by atoms with Gasteiger partial charge in [0.15, 0.2) is 5.78 Å². The minimum atomic E-state index is -0.922. The van der Waals surface area contributed by atoms with Gasteiger partial charge in [-0.3, -0.25) is 24.1 Å². The van der Waals surface area contributed by atoms with E-state index in [0.717, 1.165) is 16.0 Å². The predicted octanol–water partition coefficient (Wildman–Crippen LogP) is 3.25. The quantitative estimate of drug-likeness (QED) is 0.572. The predicted molar refractivity (Wildman–Crippen MR) is 121 cm³/mol. The highest BCUT2D eigenvalue weighted by atomic mass is 16.2. The Kier molecular flexibility index (Phi) is 5.84. The summed E-state index contributed by atoms with van der Waals surface area (Å²) in [6.07, 6.45) is 0.0567. The number of Topliss-reactive ketones (excluding diaryl/α,β-unsaturated/α-hetero) is 2. The number of benzene rings is 2. The van der Waals surface area contributed by atoms with Gasteiger partial charge in [0.05, 0.1) is 23.6 Å². The SMILES string of the molecule is Cc1ccc(NC(=O)N(C)Cc2cccc3c2C(=O)N(C2CCC(=O)CC2=O)C3=O)cc1C. The Morgan fingerprint density at radius 1 is 1.06 bits per heavy atom. The molecule has 33 heavy (non-hydrogen) atoms. The van der Waals surface area contributed by atoms with E-state index in [2.05, 4.69) is 5.32 Å². The van der Waals surface area contributed by atoms with Gasteiger partial charge in [-0.1, -0.05) is 18.2 Å². The van der Waals surface area contributed by atoms with Crippen molar-refractivity contribution in [3.05, 3.63) is 64.2 Å². The molecule has 8 nitrogen and oxygen atoms in total. The number of nitrogens with zero attached hydrogens (tertiary/aromatic N) is 2. The lowest BCUT2D eigenvalue weighted by Crippen LogP contribution is -2.47. The van der Waals surface area contributed by atoms with Gasteiger partial charge in [0, 0.05) is 25.7 Å². The Labute approximate surface area is 191 Å². The van der Waals surface area contributed by atoms with Crippen molar-refractivity contribution in [1.82, 2.24) is 9.80 Å². The molecule has 4 amide bonds. The number of anilines is 1. The highest BCUT2D eigenvalue weighted by molar-refractivity contribution is 6.24. The molecule has 2 aromatic rings. The van der Waals surface area contributed by atoms with Gasteiger partial charge in [-0.15, -0.1) is 0 Å². The van der Waals surface area contributed by atoms with Gasteiger partial charge in [0.2, 0.25) is 0 Å². The fraction of sp³-hybridized carbons (Fsp3) is 0.320. The van der Waals surface area contributed by atoms with Crippen molar-refractivity contribution in [1.29, 1.82) is 0 Å². The maximum atomic E-state index is 13.2. The van der Waals surface area contributed by atoms with E-state index in [1.54, 1.807) is 25.2 Å². The second kappa shape index (κ2) is 8.61. The first kappa shape index (κ1) is 22.4. The molecular formula is C25H25N3O5. The maximum absolute atomic E-state index is 13.2. The summed E-state index contributed by atoms with van der Waals surface area (Å²) in [7, 11) is 1.60. The molecule has 0 spiro atoms. The summed E-state index contributed by atoms with van der Waals surface area (Å²) >= 11 is 0. The minimum Gasteiger partial charge on any atom is -0.323 e. The average Bonchev–Trinajstić information content (AvgIpc) is 3.02. The molecule has 170 valence electrons. The van der Waals surface area contributed by atoms with Crippen molar-refractivity contribution in [3.8, 4) is 0 Å². The monoisotopic (exact) mass is 447 g/mol. The summed E-state index contributed by atoms with van der Waals surface area (Å²) in [4.78, 5) is 65.3. The number of carbonyl (C=O) groups is 5. The second-order valence-electron chi connectivity index (χ2n) is 8.64. The highest BCUT2D eigenvalue weighted by Crippen LogP contribution is 2.31. The van der Waals surface area contributed by atoms with Crippen molar-refractivity contribution in [2.75, 3.05) is 12.4 Å². The van der Waals surface area contributed by atoms with Crippen molar-refractivity contribution >= 4 is 35.1 Å². The van der Waals surface area contributed by atoms with E-state index in [-0.39, 0.29) is 48.7 Å². The van der Waals surface area contributed by atoms with Crippen LogP contribution in [0.1, 0.15) is 56.7 Å². The Morgan fingerprint density at radius 2 is 1.82 bits per heavy atom. The normalized spacial score (nSPS) is 17.9. The molecule has 2 aliphatic rings. The lowest BCUT2D eigenvalue weighted by Gasteiger charge is -2.27. The van der Waals surface area contributed by atoms with Gasteiger partial charge in [-0.2, -0.15) is 0 Å². The summed E-state index contributed by atoms with van der Waals surface area (Å²) in [5.41, 5.74) is 3.78. The number of amides is 4. The highest BCUT2D eigenvalue weighted by Gasteiger charge is 2.45. The fourth-order valence-corrected chi connectivity index (χ4v) is 4.29. The number of rotatable bonds is 4. The van der Waals surface area contributed by atoms with Crippen LogP contribution in [-0.2, 0) is 16.1 Å². The van der Waals surface area contributed by atoms with Gasteiger partial charge in [0.1, 0.15) is 5.78 Å². The molecule has 0 radical (unpaired) electrons. The largest absolute Gasteiger partial charge is 0.323 e. The molecule has 1 aliphatic heterocycles. The summed E-state index contributed by atoms with van der Waals surface area (Å²) in [6, 6.07) is 9.25. The van der Waals surface area contributed by atoms with Crippen LogP contribution >= 0.6 is 0 Å². The van der Waals surface area contributed by atoms with Crippen molar-refractivity contribution < 1.29 is 24.0 Å². The molecule has 1 aliphatic carbocycles. The van der Waals surface area contributed by atoms with Gasteiger partial charge in [0.25, 0.3) is 11.8 Å². The van der Waals surface area contributed by atoms with Crippen LogP contribution < -0.4 is 5.32 Å². The van der Waals surface area contributed by atoms with Crippen LogP contribution in [0.2, 0.25) is 0 Å². The molecule has 1 fully saturated rings. The van der Waals surface area contributed by atoms with Crippen LogP contribution in [0.15, 0.2) is 36.4 Å². The zero-order valence-electron chi connectivity index (χ0n) is 18.8. The summed E-state index contributed by atoms with van der Waals surface area (Å²) in [5.74, 6) is -1.68. The first-order chi connectivity index (χ1) is 15.7. The molecular weight excluding hydrogens is 422 g/mol. The number of ketones is 2. The number of nitrogens with one attached hydrogen (secondary N) is 1. The average molecular weight is 447 g/mol. The van der Waals surface area contributed by atoms with E-state index in [1.807, 2.05) is 32.0 Å². The summed E-state index contributed by atoms with van der Waals surface area (Å²) in [5, 5.41) is 2.84. The van der Waals surface area contributed by atoms with Crippen molar-refractivity contribution in [3.63, 3.8) is 0 Å². The number of fused-ring (bicyclic) bond motifs is 1. The van der Waals surface area contributed by atoms with Gasteiger partial charge >= 0.3 is 6.03 Å². The lowest BCUT2D eigenvalue weighted by molar-refractivity contribution is -0.132. The molecule has 1 heterocycles. The van der Waals surface area contributed by atoms with E-state index >= 15 is 0 Å². The number of carbonyl (C=O) groups excluding carboxylic acids is 5. The molecule has 0 bridgehead atoms. The number of hydrogen-bond donors (Lipinski definition) is 1. The van der Waals surface area contributed by atoms with Crippen LogP contribution in [0.3, 0.4) is 0 Å². The molecule has 1 saturated carbocycles. The van der Waals surface area contributed by atoms with Crippen molar-refractivity contribution in [2.45, 2.75) is 45.7 Å². The minimum absolute atomic E-state index is 0.101. The van der Waals surface area contributed by atoms with Crippen LogP contribution in [0.4, 0.5) is 10.5 Å².